The molecule has 0 amide bonds. The van der Waals surface area contributed by atoms with Gasteiger partial charge in [-0.15, -0.1) is 11.3 Å². The Labute approximate surface area is 154 Å². The molecule has 26 heavy (non-hydrogen) atoms. The van der Waals surface area contributed by atoms with Gasteiger partial charge in [-0.2, -0.15) is 0 Å². The highest BCUT2D eigenvalue weighted by molar-refractivity contribution is 7.18. The van der Waals surface area contributed by atoms with Crippen molar-refractivity contribution in [3.63, 3.8) is 0 Å². The zero-order valence-electron chi connectivity index (χ0n) is 14.5. The van der Waals surface area contributed by atoms with Gasteiger partial charge in [0.05, 0.1) is 16.4 Å². The van der Waals surface area contributed by atoms with Crippen LogP contribution >= 0.6 is 11.3 Å². The van der Waals surface area contributed by atoms with Crippen LogP contribution in [0.2, 0.25) is 0 Å². The van der Waals surface area contributed by atoms with Gasteiger partial charge in [-0.3, -0.25) is 4.57 Å². The SMILES string of the molecule is Cc1cc2c(N3CCC(n4c(=O)[nH]c5ccccc54)CC3)ncnc2s1. The molecule has 0 spiro atoms. The molecular weight excluding hydrogens is 346 g/mol. The standard InChI is InChI=1S/C19H19N5OS/c1-12-10-14-17(20-11-21-18(14)26-12)23-8-6-13(7-9-23)24-16-5-3-2-4-15(16)22-19(24)25/h2-5,10-11,13H,6-9H2,1H3,(H,22,25). The van der Waals surface area contributed by atoms with E-state index in [-0.39, 0.29) is 11.7 Å². The van der Waals surface area contributed by atoms with E-state index in [4.69, 9.17) is 0 Å². The number of fused-ring (bicyclic) bond motifs is 2. The number of aromatic amines is 1. The summed E-state index contributed by atoms with van der Waals surface area (Å²) in [5.74, 6) is 1.02. The van der Waals surface area contributed by atoms with Crippen molar-refractivity contribution in [2.75, 3.05) is 18.0 Å². The number of aryl methyl sites for hydroxylation is 1. The summed E-state index contributed by atoms with van der Waals surface area (Å²) in [5, 5.41) is 1.14. The van der Waals surface area contributed by atoms with Gasteiger partial charge in [0.25, 0.3) is 0 Å². The van der Waals surface area contributed by atoms with Gasteiger partial charge in [0.15, 0.2) is 0 Å². The number of hydrogen-bond donors (Lipinski definition) is 1. The van der Waals surface area contributed by atoms with Crippen molar-refractivity contribution < 1.29 is 0 Å². The Balaban J connectivity index is 1.44. The molecule has 3 aromatic heterocycles. The maximum Gasteiger partial charge on any atom is 0.326 e. The first-order chi connectivity index (χ1) is 12.7. The van der Waals surface area contributed by atoms with Crippen LogP contribution in [0.1, 0.15) is 23.8 Å². The molecule has 4 heterocycles. The molecule has 7 heteroatoms. The van der Waals surface area contributed by atoms with Gasteiger partial charge in [-0.25, -0.2) is 14.8 Å². The minimum Gasteiger partial charge on any atom is -0.356 e. The zero-order valence-corrected chi connectivity index (χ0v) is 15.3. The summed E-state index contributed by atoms with van der Waals surface area (Å²) in [6.45, 7) is 3.88. The molecule has 1 aliphatic heterocycles. The van der Waals surface area contributed by atoms with E-state index in [2.05, 4.69) is 32.8 Å². The number of imidazole rings is 1. The van der Waals surface area contributed by atoms with Gasteiger partial charge in [-0.05, 0) is 38.0 Å². The summed E-state index contributed by atoms with van der Waals surface area (Å²) in [6, 6.07) is 10.3. The van der Waals surface area contributed by atoms with Crippen LogP contribution in [-0.2, 0) is 0 Å². The molecule has 1 fully saturated rings. The lowest BCUT2D eigenvalue weighted by atomic mass is 10.0. The van der Waals surface area contributed by atoms with E-state index in [9.17, 15) is 4.79 Å². The maximum atomic E-state index is 12.4. The molecular formula is C19H19N5OS. The molecule has 0 unspecified atom stereocenters. The summed E-state index contributed by atoms with van der Waals surface area (Å²) >= 11 is 1.70. The van der Waals surface area contributed by atoms with Gasteiger partial charge >= 0.3 is 5.69 Å². The van der Waals surface area contributed by atoms with Crippen LogP contribution in [0.25, 0.3) is 21.3 Å². The lowest BCUT2D eigenvalue weighted by Crippen LogP contribution is -2.37. The smallest absolute Gasteiger partial charge is 0.326 e. The van der Waals surface area contributed by atoms with Crippen molar-refractivity contribution in [3.05, 3.63) is 52.0 Å². The number of nitrogens with zero attached hydrogens (tertiary/aromatic N) is 4. The van der Waals surface area contributed by atoms with E-state index >= 15 is 0 Å². The van der Waals surface area contributed by atoms with Gasteiger partial charge in [0, 0.05) is 24.0 Å². The Kier molecular flexibility index (Phi) is 3.56. The molecule has 0 saturated carbocycles. The molecule has 0 aliphatic carbocycles. The largest absolute Gasteiger partial charge is 0.356 e. The highest BCUT2D eigenvalue weighted by atomic mass is 32.1. The molecule has 1 saturated heterocycles. The number of hydrogen-bond acceptors (Lipinski definition) is 5. The van der Waals surface area contributed by atoms with Crippen LogP contribution < -0.4 is 10.6 Å². The lowest BCUT2D eigenvalue weighted by Gasteiger charge is -2.33. The molecule has 1 aliphatic rings. The Morgan fingerprint density at radius 3 is 2.85 bits per heavy atom. The number of benzene rings is 1. The van der Waals surface area contributed by atoms with Crippen molar-refractivity contribution in [1.82, 2.24) is 19.5 Å². The molecule has 4 aromatic rings. The van der Waals surface area contributed by atoms with Crippen molar-refractivity contribution in [1.29, 1.82) is 0 Å². The fourth-order valence-electron chi connectivity index (χ4n) is 3.99. The first-order valence-electron chi connectivity index (χ1n) is 8.86. The van der Waals surface area contributed by atoms with Crippen molar-refractivity contribution in [2.45, 2.75) is 25.8 Å². The Hall–Kier alpha value is -2.67. The lowest BCUT2D eigenvalue weighted by molar-refractivity contribution is 0.396. The molecule has 0 bridgehead atoms. The average Bonchev–Trinajstić information content (AvgIpc) is 3.19. The third kappa shape index (κ3) is 2.42. The number of piperidine rings is 1. The van der Waals surface area contributed by atoms with Crippen molar-refractivity contribution in [2.24, 2.45) is 0 Å². The predicted octanol–water partition coefficient (Wildman–Crippen LogP) is 3.48. The van der Waals surface area contributed by atoms with E-state index < -0.39 is 0 Å². The number of rotatable bonds is 2. The van der Waals surface area contributed by atoms with Crippen LogP contribution in [0.3, 0.4) is 0 Å². The molecule has 6 nitrogen and oxygen atoms in total. The summed E-state index contributed by atoms with van der Waals surface area (Å²) < 4.78 is 1.93. The molecule has 1 N–H and O–H groups in total. The number of anilines is 1. The summed E-state index contributed by atoms with van der Waals surface area (Å²) in [6.07, 6.45) is 3.51. The molecule has 5 rings (SSSR count). The highest BCUT2D eigenvalue weighted by Gasteiger charge is 2.25. The van der Waals surface area contributed by atoms with Crippen LogP contribution in [0, 0.1) is 6.92 Å². The van der Waals surface area contributed by atoms with Crippen LogP contribution in [-0.4, -0.2) is 32.6 Å². The van der Waals surface area contributed by atoms with E-state index in [1.165, 1.54) is 4.88 Å². The normalized spacial score (nSPS) is 16.0. The minimum atomic E-state index is -0.0115. The second-order valence-corrected chi connectivity index (χ2v) is 8.04. The zero-order chi connectivity index (χ0) is 17.7. The van der Waals surface area contributed by atoms with Gasteiger partial charge in [0.2, 0.25) is 0 Å². The third-order valence-electron chi connectivity index (χ3n) is 5.18. The maximum absolute atomic E-state index is 12.4. The quantitative estimate of drug-likeness (QED) is 0.590. The molecule has 1 aromatic carbocycles. The van der Waals surface area contributed by atoms with Crippen LogP contribution in [0.5, 0.6) is 0 Å². The first-order valence-corrected chi connectivity index (χ1v) is 9.68. The monoisotopic (exact) mass is 365 g/mol. The second kappa shape index (κ2) is 5.95. The number of para-hydroxylation sites is 2. The predicted molar refractivity (Wildman–Crippen MR) is 105 cm³/mol. The Bertz CT molecular complexity index is 1150. The Morgan fingerprint density at radius 2 is 2.00 bits per heavy atom. The first kappa shape index (κ1) is 15.6. The summed E-state index contributed by atoms with van der Waals surface area (Å²) in [5.41, 5.74) is 1.89. The van der Waals surface area contributed by atoms with Crippen LogP contribution in [0.4, 0.5) is 5.82 Å². The number of aromatic nitrogens is 4. The third-order valence-corrected chi connectivity index (χ3v) is 6.14. The number of nitrogens with one attached hydrogen (secondary N) is 1. The second-order valence-electron chi connectivity index (χ2n) is 6.81. The van der Waals surface area contributed by atoms with E-state index in [1.54, 1.807) is 17.7 Å². The van der Waals surface area contributed by atoms with Crippen molar-refractivity contribution in [3.8, 4) is 0 Å². The number of H-pyrrole nitrogens is 1. The minimum absolute atomic E-state index is 0.0115. The molecule has 132 valence electrons. The topological polar surface area (TPSA) is 66.8 Å². The van der Waals surface area contributed by atoms with E-state index in [0.29, 0.717) is 0 Å². The summed E-state index contributed by atoms with van der Waals surface area (Å²) in [7, 11) is 0. The fraction of sp³-hybridized carbons (Fsp3) is 0.316. The van der Waals surface area contributed by atoms with Gasteiger partial charge in [-0.1, -0.05) is 12.1 Å². The van der Waals surface area contributed by atoms with Gasteiger partial charge in [0.1, 0.15) is 17.0 Å². The number of thiophene rings is 1. The highest BCUT2D eigenvalue weighted by Crippen LogP contribution is 2.33. The molecule has 0 atom stereocenters. The molecule has 0 radical (unpaired) electrons. The average molecular weight is 365 g/mol. The van der Waals surface area contributed by atoms with E-state index in [1.807, 2.05) is 28.8 Å². The Morgan fingerprint density at radius 1 is 1.19 bits per heavy atom. The fourth-order valence-corrected chi connectivity index (χ4v) is 4.83. The van der Waals surface area contributed by atoms with Crippen LogP contribution in [0.15, 0.2) is 41.5 Å². The van der Waals surface area contributed by atoms with Gasteiger partial charge < -0.3 is 9.88 Å². The summed E-state index contributed by atoms with van der Waals surface area (Å²) in [4.78, 5) is 29.0. The van der Waals surface area contributed by atoms with E-state index in [0.717, 1.165) is 53.0 Å². The van der Waals surface area contributed by atoms with Crippen molar-refractivity contribution >= 4 is 38.4 Å².